The first-order valence-corrected chi connectivity index (χ1v) is 10.0. The molecule has 1 unspecified atom stereocenters. The van der Waals surface area contributed by atoms with E-state index in [-0.39, 0.29) is 11.4 Å². The third kappa shape index (κ3) is 3.18. The first kappa shape index (κ1) is 17.4. The summed E-state index contributed by atoms with van der Waals surface area (Å²) in [4.78, 5) is 14.1. The molecule has 0 saturated carbocycles. The fraction of sp³-hybridized carbons (Fsp3) is 0.292. The van der Waals surface area contributed by atoms with Crippen LogP contribution in [0.1, 0.15) is 23.6 Å². The summed E-state index contributed by atoms with van der Waals surface area (Å²) in [6.07, 6.45) is 1.15. The van der Waals surface area contributed by atoms with Crippen molar-refractivity contribution in [2.75, 3.05) is 13.1 Å². The molecule has 0 radical (unpaired) electrons. The fourth-order valence-corrected chi connectivity index (χ4v) is 5.13. The third-order valence-electron chi connectivity index (χ3n) is 6.24. The number of hydrogen-bond donors (Lipinski definition) is 1. The van der Waals surface area contributed by atoms with Gasteiger partial charge in [0.2, 0.25) is 0 Å². The summed E-state index contributed by atoms with van der Waals surface area (Å²) in [5, 5.41) is 0. The number of rotatable bonds is 3. The molecule has 2 aliphatic heterocycles. The zero-order chi connectivity index (χ0) is 19.1. The minimum atomic E-state index is -0.185. The van der Waals surface area contributed by atoms with Gasteiger partial charge in [0, 0.05) is 41.3 Å². The van der Waals surface area contributed by atoms with Crippen LogP contribution < -0.4 is 10.5 Å². The Bertz CT molecular complexity index is 1040. The van der Waals surface area contributed by atoms with Gasteiger partial charge in [0.05, 0.1) is 13.1 Å². The van der Waals surface area contributed by atoms with Crippen molar-refractivity contribution in [3.63, 3.8) is 0 Å². The lowest BCUT2D eigenvalue weighted by atomic mass is 9.80. The molecule has 5 rings (SSSR count). The maximum absolute atomic E-state index is 13.2. The molecule has 3 heterocycles. The highest BCUT2D eigenvalue weighted by molar-refractivity contribution is 5.66. The first-order chi connectivity index (χ1) is 13.7. The summed E-state index contributed by atoms with van der Waals surface area (Å²) in [5.74, 6) is 0.715. The summed E-state index contributed by atoms with van der Waals surface area (Å²) < 4.78 is 15.2. The average Bonchev–Trinajstić information content (AvgIpc) is 2.71. The number of halogens is 1. The van der Waals surface area contributed by atoms with Crippen molar-refractivity contribution in [2.45, 2.75) is 25.4 Å². The van der Waals surface area contributed by atoms with Crippen molar-refractivity contribution in [2.24, 2.45) is 5.92 Å². The highest BCUT2D eigenvalue weighted by atomic mass is 19.1. The topological polar surface area (TPSA) is 26.4 Å². The molecule has 28 heavy (non-hydrogen) atoms. The molecule has 3 aromatic rings. The van der Waals surface area contributed by atoms with Crippen LogP contribution >= 0.6 is 0 Å². The smallest absolute Gasteiger partial charge is 0.250 e. The number of pyridine rings is 1. The van der Waals surface area contributed by atoms with Crippen molar-refractivity contribution >= 4 is 0 Å². The summed E-state index contributed by atoms with van der Waals surface area (Å²) in [7, 11) is 0. The van der Waals surface area contributed by atoms with E-state index in [1.54, 1.807) is 18.2 Å². The predicted octanol–water partition coefficient (Wildman–Crippen LogP) is 2.86. The van der Waals surface area contributed by atoms with E-state index in [0.717, 1.165) is 32.6 Å². The number of piperidine rings is 1. The lowest BCUT2D eigenvalue weighted by molar-refractivity contribution is -0.924. The van der Waals surface area contributed by atoms with Crippen molar-refractivity contribution in [1.82, 2.24) is 4.57 Å². The van der Waals surface area contributed by atoms with Gasteiger partial charge in [-0.1, -0.05) is 42.5 Å². The number of benzene rings is 2. The van der Waals surface area contributed by atoms with Gasteiger partial charge in [-0.05, 0) is 30.2 Å². The van der Waals surface area contributed by atoms with Crippen LogP contribution in [0.5, 0.6) is 0 Å². The van der Waals surface area contributed by atoms with Crippen LogP contribution in [-0.2, 0) is 13.1 Å². The second-order valence-corrected chi connectivity index (χ2v) is 8.21. The van der Waals surface area contributed by atoms with Crippen LogP contribution in [0.15, 0.2) is 71.5 Å². The Morgan fingerprint density at radius 1 is 0.964 bits per heavy atom. The predicted molar refractivity (Wildman–Crippen MR) is 108 cm³/mol. The molecule has 2 aliphatic rings. The van der Waals surface area contributed by atoms with Crippen LogP contribution in [0.2, 0.25) is 0 Å². The summed E-state index contributed by atoms with van der Waals surface area (Å²) >= 11 is 0. The summed E-state index contributed by atoms with van der Waals surface area (Å²) in [6.45, 7) is 3.79. The third-order valence-corrected chi connectivity index (χ3v) is 6.24. The molecule has 4 heteroatoms. The van der Waals surface area contributed by atoms with Gasteiger partial charge in [-0.2, -0.15) is 0 Å². The molecular weight excluding hydrogens is 351 g/mol. The Kier molecular flexibility index (Phi) is 4.36. The molecule has 3 nitrogen and oxygen atoms in total. The number of likely N-dealkylation sites (tertiary alicyclic amines) is 1. The number of hydrogen-bond acceptors (Lipinski definition) is 1. The van der Waals surface area contributed by atoms with Crippen molar-refractivity contribution in [3.05, 3.63) is 94.2 Å². The number of aromatic nitrogens is 1. The van der Waals surface area contributed by atoms with E-state index in [0.29, 0.717) is 11.8 Å². The van der Waals surface area contributed by atoms with Gasteiger partial charge in [-0.15, -0.1) is 0 Å². The van der Waals surface area contributed by atoms with Gasteiger partial charge < -0.3 is 9.47 Å². The van der Waals surface area contributed by atoms with E-state index >= 15 is 0 Å². The Hall–Kier alpha value is -2.72. The van der Waals surface area contributed by atoms with Crippen molar-refractivity contribution in [1.29, 1.82) is 0 Å². The van der Waals surface area contributed by atoms with Crippen molar-refractivity contribution < 1.29 is 9.29 Å². The molecule has 2 aromatic carbocycles. The second-order valence-electron chi connectivity index (χ2n) is 8.21. The van der Waals surface area contributed by atoms with Crippen LogP contribution in [0.4, 0.5) is 4.39 Å². The molecule has 1 aromatic heterocycles. The van der Waals surface area contributed by atoms with E-state index in [4.69, 9.17) is 0 Å². The maximum atomic E-state index is 13.2. The van der Waals surface area contributed by atoms with Crippen LogP contribution in [-0.4, -0.2) is 17.7 Å². The molecule has 2 bridgehead atoms. The fourth-order valence-electron chi connectivity index (χ4n) is 5.13. The highest BCUT2D eigenvalue weighted by Gasteiger charge is 2.38. The number of nitrogens with zero attached hydrogens (tertiary/aromatic N) is 1. The standard InChI is InChI=1S/C24H23FN2O/c25-21-8-6-17(7-9-21)13-26-14-18-12-20(16-26)24-22(19-4-2-1-3-5-19)10-11-23(28)27(24)15-18/h1-11,18,20H,12-16H2/p+1/t18-,20+/m0/s1. The lowest BCUT2D eigenvalue weighted by Gasteiger charge is -2.41. The summed E-state index contributed by atoms with van der Waals surface area (Å²) in [6, 6.07) is 21.0. The van der Waals surface area contributed by atoms with Gasteiger partial charge in [0.1, 0.15) is 12.4 Å². The van der Waals surface area contributed by atoms with Gasteiger partial charge >= 0.3 is 0 Å². The number of nitrogens with one attached hydrogen (secondary N) is 1. The quantitative estimate of drug-likeness (QED) is 0.749. The van der Waals surface area contributed by atoms with E-state index in [1.807, 2.05) is 28.8 Å². The molecular formula is C24H24FN2O+. The van der Waals surface area contributed by atoms with E-state index in [2.05, 4.69) is 24.3 Å². The van der Waals surface area contributed by atoms with E-state index < -0.39 is 0 Å². The number of quaternary nitrogens is 1. The molecule has 1 saturated heterocycles. The molecule has 142 valence electrons. The zero-order valence-corrected chi connectivity index (χ0v) is 15.8. The average molecular weight is 375 g/mol. The van der Waals surface area contributed by atoms with Gasteiger partial charge in [0.25, 0.3) is 5.56 Å². The lowest BCUT2D eigenvalue weighted by Crippen LogP contribution is -3.13. The largest absolute Gasteiger partial charge is 0.330 e. The second kappa shape index (κ2) is 7.02. The number of fused-ring (bicyclic) bond motifs is 4. The Labute approximate surface area is 164 Å². The van der Waals surface area contributed by atoms with Crippen LogP contribution in [0.3, 0.4) is 0 Å². The monoisotopic (exact) mass is 375 g/mol. The van der Waals surface area contributed by atoms with Gasteiger partial charge in [-0.3, -0.25) is 4.79 Å². The Balaban J connectivity index is 1.49. The highest BCUT2D eigenvalue weighted by Crippen LogP contribution is 2.36. The zero-order valence-electron chi connectivity index (χ0n) is 15.8. The van der Waals surface area contributed by atoms with E-state index in [1.165, 1.54) is 27.3 Å². The Morgan fingerprint density at radius 2 is 1.75 bits per heavy atom. The molecule has 1 N–H and O–H groups in total. The van der Waals surface area contributed by atoms with Gasteiger partial charge in [-0.25, -0.2) is 4.39 Å². The minimum Gasteiger partial charge on any atom is -0.330 e. The molecule has 0 aliphatic carbocycles. The normalized spacial score (nSPS) is 23.2. The molecule has 0 spiro atoms. The summed E-state index contributed by atoms with van der Waals surface area (Å²) in [5.41, 5.74) is 4.85. The SMILES string of the molecule is O=c1ccc(-c2ccccc2)c2n1C[C@H]1C[C@@H]2C[NH+](Cc2ccc(F)cc2)C1. The van der Waals surface area contributed by atoms with Crippen LogP contribution in [0, 0.1) is 11.7 Å². The maximum Gasteiger partial charge on any atom is 0.250 e. The van der Waals surface area contributed by atoms with E-state index in [9.17, 15) is 9.18 Å². The van der Waals surface area contributed by atoms with Crippen LogP contribution in [0.25, 0.3) is 11.1 Å². The first-order valence-electron chi connectivity index (χ1n) is 10.0. The Morgan fingerprint density at radius 3 is 2.54 bits per heavy atom. The molecule has 1 fully saturated rings. The minimum absolute atomic E-state index is 0.117. The molecule has 3 atom stereocenters. The molecule has 0 amide bonds. The van der Waals surface area contributed by atoms with Gasteiger partial charge in [0.15, 0.2) is 0 Å². The van der Waals surface area contributed by atoms with Crippen molar-refractivity contribution in [3.8, 4) is 11.1 Å².